The van der Waals surface area contributed by atoms with Crippen LogP contribution < -0.4 is 9.47 Å². The summed E-state index contributed by atoms with van der Waals surface area (Å²) in [5.74, 6) is 3.51. The van der Waals surface area contributed by atoms with Crippen LogP contribution in [-0.4, -0.2) is 33.6 Å². The van der Waals surface area contributed by atoms with Gasteiger partial charge in [-0.3, -0.25) is 0 Å². The molecule has 0 saturated heterocycles. The predicted octanol–water partition coefficient (Wildman–Crippen LogP) is 15.1. The highest BCUT2D eigenvalue weighted by molar-refractivity contribution is 9.11. The zero-order valence-electron chi connectivity index (χ0n) is 31.9. The highest BCUT2D eigenvalue weighted by Crippen LogP contribution is 2.31. The maximum Gasteiger partial charge on any atom is 0.248 e. The lowest BCUT2D eigenvalue weighted by atomic mass is 10.1. The van der Waals surface area contributed by atoms with Gasteiger partial charge in [-0.1, -0.05) is 133 Å². The van der Waals surface area contributed by atoms with E-state index in [0.29, 0.717) is 39.2 Å². The van der Waals surface area contributed by atoms with Gasteiger partial charge >= 0.3 is 0 Å². The second-order valence-corrected chi connectivity index (χ2v) is 16.1. The predicted molar refractivity (Wildman–Crippen MR) is 234 cm³/mol. The quantitative estimate of drug-likeness (QED) is 0.0699. The van der Waals surface area contributed by atoms with E-state index in [1.165, 1.54) is 64.2 Å². The number of unbranched alkanes of at least 4 members (excludes halogenated alkanes) is 10. The van der Waals surface area contributed by atoms with Crippen molar-refractivity contribution >= 4 is 55.1 Å². The van der Waals surface area contributed by atoms with Crippen LogP contribution in [0.3, 0.4) is 0 Å². The lowest BCUT2D eigenvalue weighted by molar-refractivity contribution is 0.304. The largest absolute Gasteiger partial charge is 0.494 e. The molecule has 296 valence electrons. The van der Waals surface area contributed by atoms with Crippen LogP contribution in [0, 0.1) is 0 Å². The summed E-state index contributed by atoms with van der Waals surface area (Å²) in [6, 6.07) is 26.5. The van der Waals surface area contributed by atoms with Gasteiger partial charge in [-0.15, -0.1) is 20.4 Å². The summed E-state index contributed by atoms with van der Waals surface area (Å²) < 4.78 is 25.1. The molecule has 12 heteroatoms. The molecule has 0 saturated carbocycles. The van der Waals surface area contributed by atoms with Crippen molar-refractivity contribution in [3.63, 3.8) is 0 Å². The first-order valence-electron chi connectivity index (χ1n) is 19.4. The highest BCUT2D eigenvalue weighted by atomic mass is 79.9. The summed E-state index contributed by atoms with van der Waals surface area (Å²) in [7, 11) is 0. The Morgan fingerprint density at radius 3 is 1.21 bits per heavy atom. The summed E-state index contributed by atoms with van der Waals surface area (Å²) in [5.41, 5.74) is 3.26. The van der Waals surface area contributed by atoms with Crippen LogP contribution in [0.5, 0.6) is 11.5 Å². The molecule has 4 aromatic carbocycles. The van der Waals surface area contributed by atoms with E-state index < -0.39 is 0 Å². The van der Waals surface area contributed by atoms with Gasteiger partial charge < -0.3 is 18.3 Å². The van der Waals surface area contributed by atoms with Crippen LogP contribution in [-0.2, 0) is 0 Å². The third-order valence-electron chi connectivity index (χ3n) is 8.80. The number of ether oxygens (including phenoxy) is 2. The Balaban J connectivity index is 0.000000214. The third kappa shape index (κ3) is 14.4. The van der Waals surface area contributed by atoms with Crippen molar-refractivity contribution in [2.45, 2.75) is 90.9 Å². The van der Waals surface area contributed by atoms with Crippen LogP contribution in [0.4, 0.5) is 0 Å². The van der Waals surface area contributed by atoms with Crippen molar-refractivity contribution in [3.05, 3.63) is 104 Å². The first-order chi connectivity index (χ1) is 27.3. The second kappa shape index (κ2) is 23.5. The van der Waals surface area contributed by atoms with Gasteiger partial charge in [0, 0.05) is 41.2 Å². The maximum absolute atomic E-state index is 6.04. The van der Waals surface area contributed by atoms with E-state index >= 15 is 0 Å². The highest BCUT2D eigenvalue weighted by Gasteiger charge is 2.14. The number of aromatic nitrogens is 4. The molecule has 2 aromatic heterocycles. The Labute approximate surface area is 357 Å². The van der Waals surface area contributed by atoms with Crippen LogP contribution in [0.25, 0.3) is 45.8 Å². The number of hydrogen-bond acceptors (Lipinski definition) is 8. The molecule has 0 spiro atoms. The van der Waals surface area contributed by atoms with Crippen molar-refractivity contribution < 1.29 is 18.3 Å². The zero-order chi connectivity index (χ0) is 39.5. The van der Waals surface area contributed by atoms with Crippen LogP contribution in [0.1, 0.15) is 90.9 Å². The van der Waals surface area contributed by atoms with Crippen molar-refractivity contribution in [1.82, 2.24) is 20.4 Å². The molecule has 0 aliphatic heterocycles. The Morgan fingerprint density at radius 2 is 0.804 bits per heavy atom. The third-order valence-corrected chi connectivity index (χ3v) is 10.2. The van der Waals surface area contributed by atoms with E-state index in [0.717, 1.165) is 63.2 Å². The van der Waals surface area contributed by atoms with Gasteiger partial charge in [0.1, 0.15) is 11.5 Å². The number of rotatable bonds is 20. The molecule has 6 rings (SSSR count). The van der Waals surface area contributed by atoms with Crippen molar-refractivity contribution in [1.29, 1.82) is 0 Å². The Bertz CT molecular complexity index is 1870. The van der Waals surface area contributed by atoms with E-state index in [1.54, 1.807) is 18.2 Å². The van der Waals surface area contributed by atoms with Gasteiger partial charge in [0.2, 0.25) is 23.6 Å². The average Bonchev–Trinajstić information content (AvgIpc) is 3.89. The molecule has 0 amide bonds. The Morgan fingerprint density at radius 1 is 0.446 bits per heavy atom. The fraction of sp³-hybridized carbons (Fsp3) is 0.364. The van der Waals surface area contributed by atoms with E-state index in [1.807, 2.05) is 66.7 Å². The maximum atomic E-state index is 6.04. The zero-order valence-corrected chi connectivity index (χ0v) is 36.6. The van der Waals surface area contributed by atoms with Gasteiger partial charge in [-0.25, -0.2) is 0 Å². The minimum absolute atomic E-state index is 0.378. The fourth-order valence-electron chi connectivity index (χ4n) is 5.80. The van der Waals surface area contributed by atoms with Crippen LogP contribution in [0.2, 0.25) is 10.0 Å². The summed E-state index contributed by atoms with van der Waals surface area (Å²) in [4.78, 5) is 0. The molecule has 8 nitrogen and oxygen atoms in total. The topological polar surface area (TPSA) is 96.3 Å². The minimum Gasteiger partial charge on any atom is -0.494 e. The Kier molecular flexibility index (Phi) is 18.2. The van der Waals surface area contributed by atoms with Crippen molar-refractivity contribution in [3.8, 4) is 57.3 Å². The molecular formula is C44H48Br2Cl2N4O4. The average molecular weight is 928 g/mol. The minimum atomic E-state index is 0.378. The van der Waals surface area contributed by atoms with E-state index in [2.05, 4.69) is 66.1 Å². The first kappa shape index (κ1) is 43.4. The number of nitrogens with zero attached hydrogens (tertiary/aromatic N) is 4. The molecule has 56 heavy (non-hydrogen) atoms. The van der Waals surface area contributed by atoms with Gasteiger partial charge in [-0.2, -0.15) is 0 Å². The molecule has 0 bridgehead atoms. The lowest BCUT2D eigenvalue weighted by Gasteiger charge is -2.06. The van der Waals surface area contributed by atoms with Gasteiger partial charge in [0.25, 0.3) is 0 Å². The molecule has 6 aromatic rings. The van der Waals surface area contributed by atoms with Gasteiger partial charge in [0.05, 0.1) is 13.2 Å². The number of hydrogen-bond donors (Lipinski definition) is 0. The van der Waals surface area contributed by atoms with E-state index in [9.17, 15) is 0 Å². The van der Waals surface area contributed by atoms with Gasteiger partial charge in [-0.05, 0) is 97.8 Å². The molecule has 0 N–H and O–H groups in total. The van der Waals surface area contributed by atoms with E-state index in [4.69, 9.17) is 41.5 Å². The molecule has 2 heterocycles. The molecular weight excluding hydrogens is 879 g/mol. The summed E-state index contributed by atoms with van der Waals surface area (Å²) >= 11 is 19.0. The van der Waals surface area contributed by atoms with E-state index in [-0.39, 0.29) is 0 Å². The second-order valence-electron chi connectivity index (χ2n) is 13.4. The summed E-state index contributed by atoms with van der Waals surface area (Å²) in [5, 5.41) is 17.6. The van der Waals surface area contributed by atoms with Gasteiger partial charge in [0.15, 0.2) is 0 Å². The SMILES string of the molecule is CCCCCCCCOc1ccc(-c2nnc(-c3cc(Br)cc(Br)c3)o2)cc1.CCCCCCCCOc1ccc(-c2nnc(-c3cc(Cl)cc(Cl)c3)o2)cc1. The molecule has 0 aliphatic carbocycles. The number of benzene rings is 4. The van der Waals surface area contributed by atoms with Crippen molar-refractivity contribution in [2.24, 2.45) is 0 Å². The molecule has 0 aliphatic rings. The van der Waals surface area contributed by atoms with Crippen molar-refractivity contribution in [2.75, 3.05) is 13.2 Å². The molecule has 0 unspecified atom stereocenters. The molecule has 0 fully saturated rings. The summed E-state index contributed by atoms with van der Waals surface area (Å²) in [6.07, 6.45) is 15.1. The summed E-state index contributed by atoms with van der Waals surface area (Å²) in [6.45, 7) is 5.97. The fourth-order valence-corrected chi connectivity index (χ4v) is 7.62. The van der Waals surface area contributed by atoms with Crippen LogP contribution in [0.15, 0.2) is 103 Å². The molecule has 0 atom stereocenters. The lowest BCUT2D eigenvalue weighted by Crippen LogP contribution is -1.97. The smallest absolute Gasteiger partial charge is 0.248 e. The normalized spacial score (nSPS) is 11.0. The number of halogens is 4. The standard InChI is InChI=1S/C22H24Br2N2O2.C22H24Cl2N2O2/c2*1-2-3-4-5-6-7-12-27-20-10-8-16(9-11-20)21-25-26-22(28-21)17-13-18(23)15-19(24)14-17/h2*8-11,13-15H,2-7,12H2,1H3. The monoisotopic (exact) mass is 924 g/mol. The first-order valence-corrected chi connectivity index (χ1v) is 21.7. The Hall–Kier alpha value is -3.70. The molecule has 0 radical (unpaired) electrons. The van der Waals surface area contributed by atoms with Crippen LogP contribution >= 0.6 is 55.1 Å².